The zero-order valence-corrected chi connectivity index (χ0v) is 27.2. The van der Waals surface area contributed by atoms with Crippen LogP contribution in [0.15, 0.2) is 30.4 Å². The van der Waals surface area contributed by atoms with Gasteiger partial charge < -0.3 is 29.4 Å². The molecule has 1 aromatic carbocycles. The summed E-state index contributed by atoms with van der Waals surface area (Å²) in [5.41, 5.74) is 5.14. The van der Waals surface area contributed by atoms with Crippen LogP contribution in [0.25, 0.3) is 10.9 Å². The van der Waals surface area contributed by atoms with Gasteiger partial charge in [0.15, 0.2) is 0 Å². The third-order valence-corrected chi connectivity index (χ3v) is 15.4. The molecule has 234 valence electrons. The van der Waals surface area contributed by atoms with Crippen LogP contribution in [0, 0.1) is 29.1 Å². The number of hydrogen-bond donors (Lipinski definition) is 3. The Balaban J connectivity index is 1.19. The zero-order chi connectivity index (χ0) is 30.7. The van der Waals surface area contributed by atoms with Crippen molar-refractivity contribution in [2.45, 2.75) is 126 Å². The molecule has 3 saturated carbocycles. The number of aromatic nitrogens is 1. The first-order chi connectivity index (χ1) is 20.7. The summed E-state index contributed by atoms with van der Waals surface area (Å²) >= 11 is 7.08. The van der Waals surface area contributed by atoms with E-state index in [9.17, 15) is 10.2 Å². The van der Waals surface area contributed by atoms with E-state index in [2.05, 4.69) is 51.9 Å². The number of fused-ring (bicyclic) bond motifs is 5. The number of ether oxygens (including phenoxy) is 3. The molecule has 10 rings (SSSR count). The van der Waals surface area contributed by atoms with Crippen molar-refractivity contribution < 1.29 is 24.4 Å². The van der Waals surface area contributed by atoms with Gasteiger partial charge in [-0.25, -0.2) is 0 Å². The highest BCUT2D eigenvalue weighted by molar-refractivity contribution is 6.32. The molecule has 2 aromatic rings. The number of aliphatic hydroxyl groups is 2. The standard InChI is InChI=1S/C37H44ClNO5/c1-15(2)29-28(40)32-37(44-32)22-9-8-18-30-26-25-21(39-31(26)35(18,7)34(22,6)11-10-24(37)42-29)14-20(38)17-12-16(3)19-13-23(33(4,5)43-30)36(19,41)27(17)25/h14,18-19,22-24,28-30,32,39-41H,1,3,8-13H2,2,4-7H3/t18-,19+,22-,23+,24-,28-,29+,30-,32+,34+,35-,36-,37+/m0/s1. The molecule has 3 N–H and O–H groups in total. The SMILES string of the molecule is C=C(C)[C@H]1O[C@H]2CC[C@]3(C)[C@H](CC[C@H]4[C@@H]5OC(C)(C)[C@H]6C[C@@H]7C(=C)Cc8c(Cl)cc9[nH]c(c5c9c8[C@]76O)[C@]43C)[C@@]23O[C@@H]3[C@H]1O. The molecule has 0 radical (unpaired) electrons. The largest absolute Gasteiger partial charge is 0.387 e. The second-order valence-corrected chi connectivity index (χ2v) is 17.3. The van der Waals surface area contributed by atoms with Crippen molar-refractivity contribution in [2.24, 2.45) is 29.1 Å². The van der Waals surface area contributed by atoms with Crippen molar-refractivity contribution in [1.82, 2.24) is 4.98 Å². The van der Waals surface area contributed by atoms with Crippen molar-refractivity contribution >= 4 is 22.5 Å². The molecule has 44 heavy (non-hydrogen) atoms. The summed E-state index contributed by atoms with van der Waals surface area (Å²) in [6, 6.07) is 2.09. The van der Waals surface area contributed by atoms with Crippen LogP contribution in [0.2, 0.25) is 5.02 Å². The van der Waals surface area contributed by atoms with E-state index >= 15 is 0 Å². The first-order valence-electron chi connectivity index (χ1n) is 16.8. The van der Waals surface area contributed by atoms with Gasteiger partial charge in [-0.2, -0.15) is 0 Å². The van der Waals surface area contributed by atoms with Crippen molar-refractivity contribution in [1.29, 1.82) is 0 Å². The lowest BCUT2D eigenvalue weighted by Crippen LogP contribution is -2.66. The van der Waals surface area contributed by atoms with Crippen LogP contribution in [0.4, 0.5) is 0 Å². The van der Waals surface area contributed by atoms with Crippen LogP contribution < -0.4 is 0 Å². The normalized spacial score (nSPS) is 51.7. The fourth-order valence-corrected chi connectivity index (χ4v) is 13.2. The van der Waals surface area contributed by atoms with E-state index in [4.69, 9.17) is 25.8 Å². The average Bonchev–Trinajstić information content (AvgIpc) is 3.51. The Hall–Kier alpha value is -1.67. The predicted octanol–water partition coefficient (Wildman–Crippen LogP) is 6.55. The maximum atomic E-state index is 12.8. The molecule has 5 aliphatic carbocycles. The molecule has 3 aliphatic heterocycles. The molecule has 1 aromatic heterocycles. The topological polar surface area (TPSA) is 87.2 Å². The van der Waals surface area contributed by atoms with Crippen LogP contribution >= 0.6 is 11.6 Å². The number of aromatic amines is 1. The van der Waals surface area contributed by atoms with Gasteiger partial charge in [0.05, 0.1) is 17.8 Å². The van der Waals surface area contributed by atoms with Gasteiger partial charge in [0.25, 0.3) is 0 Å². The van der Waals surface area contributed by atoms with E-state index in [1.54, 1.807) is 0 Å². The van der Waals surface area contributed by atoms with Crippen molar-refractivity contribution in [2.75, 3.05) is 0 Å². The molecular formula is C37H44ClNO5. The molecule has 4 heterocycles. The van der Waals surface area contributed by atoms with Gasteiger partial charge in [0.1, 0.15) is 29.5 Å². The third kappa shape index (κ3) is 2.62. The Labute approximate surface area is 264 Å². The summed E-state index contributed by atoms with van der Waals surface area (Å²) in [5, 5.41) is 26.0. The Morgan fingerprint density at radius 3 is 2.64 bits per heavy atom. The summed E-state index contributed by atoms with van der Waals surface area (Å²) < 4.78 is 20.7. The van der Waals surface area contributed by atoms with Crippen LogP contribution in [0.5, 0.6) is 0 Å². The summed E-state index contributed by atoms with van der Waals surface area (Å²) in [6.07, 6.45) is 4.12. The Kier molecular flexibility index (Phi) is 4.81. The van der Waals surface area contributed by atoms with Crippen molar-refractivity contribution in [3.63, 3.8) is 0 Å². The van der Waals surface area contributed by atoms with Gasteiger partial charge in [-0.1, -0.05) is 44.2 Å². The molecule has 7 heteroatoms. The molecule has 0 bridgehead atoms. The molecular weight excluding hydrogens is 574 g/mol. The van der Waals surface area contributed by atoms with Crippen molar-refractivity contribution in [3.8, 4) is 0 Å². The number of H-pyrrole nitrogens is 1. The first kappa shape index (κ1) is 27.4. The Morgan fingerprint density at radius 1 is 1.11 bits per heavy atom. The van der Waals surface area contributed by atoms with Gasteiger partial charge in [-0.05, 0) is 93.4 Å². The number of halogens is 1. The molecule has 2 saturated heterocycles. The highest BCUT2D eigenvalue weighted by Crippen LogP contribution is 2.77. The van der Waals surface area contributed by atoms with Crippen LogP contribution in [-0.2, 0) is 31.6 Å². The molecule has 0 unspecified atom stereocenters. The van der Waals surface area contributed by atoms with Gasteiger partial charge in [-0.15, -0.1) is 0 Å². The number of nitrogens with one attached hydrogen (secondary N) is 1. The molecule has 1 spiro atoms. The minimum Gasteiger partial charge on any atom is -0.387 e. The average molecular weight is 618 g/mol. The highest BCUT2D eigenvalue weighted by atomic mass is 35.5. The number of benzene rings is 1. The summed E-state index contributed by atoms with van der Waals surface area (Å²) in [5.74, 6) is 0.498. The minimum atomic E-state index is -1.04. The minimum absolute atomic E-state index is 0.0203. The molecule has 8 aliphatic rings. The summed E-state index contributed by atoms with van der Waals surface area (Å²) in [4.78, 5) is 3.96. The summed E-state index contributed by atoms with van der Waals surface area (Å²) in [6.45, 7) is 19.8. The van der Waals surface area contributed by atoms with Gasteiger partial charge in [-0.3, -0.25) is 0 Å². The monoisotopic (exact) mass is 617 g/mol. The Bertz CT molecular complexity index is 1740. The lowest BCUT2D eigenvalue weighted by Gasteiger charge is -2.64. The maximum Gasteiger partial charge on any atom is 0.127 e. The fraction of sp³-hybridized carbons (Fsp3) is 0.676. The van der Waals surface area contributed by atoms with Crippen molar-refractivity contribution in [3.05, 3.63) is 57.8 Å². The smallest absolute Gasteiger partial charge is 0.127 e. The second kappa shape index (κ2) is 7.72. The number of hydrogen-bond acceptors (Lipinski definition) is 5. The lowest BCUT2D eigenvalue weighted by atomic mass is 9.42. The van der Waals surface area contributed by atoms with Gasteiger partial charge >= 0.3 is 0 Å². The van der Waals surface area contributed by atoms with Crippen LogP contribution in [0.1, 0.15) is 95.2 Å². The van der Waals surface area contributed by atoms with E-state index in [1.807, 2.05) is 6.92 Å². The third-order valence-electron chi connectivity index (χ3n) is 15.0. The Morgan fingerprint density at radius 2 is 1.89 bits per heavy atom. The van der Waals surface area contributed by atoms with E-state index in [1.165, 1.54) is 11.3 Å². The number of aliphatic hydroxyl groups excluding tert-OH is 1. The maximum absolute atomic E-state index is 12.8. The fourth-order valence-electron chi connectivity index (χ4n) is 12.9. The molecule has 0 amide bonds. The number of epoxide rings is 1. The van der Waals surface area contributed by atoms with E-state index < -0.39 is 22.9 Å². The predicted molar refractivity (Wildman–Crippen MR) is 168 cm³/mol. The van der Waals surface area contributed by atoms with Gasteiger partial charge in [0, 0.05) is 50.4 Å². The summed E-state index contributed by atoms with van der Waals surface area (Å²) in [7, 11) is 0. The molecule has 5 fully saturated rings. The van der Waals surface area contributed by atoms with E-state index in [0.717, 1.165) is 65.3 Å². The molecule has 6 nitrogen and oxygen atoms in total. The second-order valence-electron chi connectivity index (χ2n) is 16.9. The van der Waals surface area contributed by atoms with Crippen LogP contribution in [0.3, 0.4) is 0 Å². The quantitative estimate of drug-likeness (QED) is 0.250. The number of rotatable bonds is 1. The van der Waals surface area contributed by atoms with Gasteiger partial charge in [0.2, 0.25) is 0 Å². The van der Waals surface area contributed by atoms with Crippen LogP contribution in [-0.4, -0.2) is 50.8 Å². The first-order valence-corrected chi connectivity index (χ1v) is 17.2. The van der Waals surface area contributed by atoms with E-state index in [-0.39, 0.29) is 58.9 Å². The lowest BCUT2D eigenvalue weighted by molar-refractivity contribution is -0.253. The highest BCUT2D eigenvalue weighted by Gasteiger charge is 2.81. The molecule has 13 atom stereocenters. The van der Waals surface area contributed by atoms with E-state index in [0.29, 0.717) is 11.4 Å². The zero-order valence-electron chi connectivity index (χ0n) is 26.4.